The average molecular weight is 320 g/mol. The third-order valence-corrected chi connectivity index (χ3v) is 4.02. The maximum Gasteiger partial charge on any atom is 0.342 e. The van der Waals surface area contributed by atoms with Gasteiger partial charge in [-0.25, -0.2) is 4.79 Å². The number of fused-ring (bicyclic) bond motifs is 1. The Labute approximate surface area is 136 Å². The SMILES string of the molecule is CC1CCCC(O)CCC=CCc2cc(O)cc(O)c2C(=O)O1. The average Bonchev–Trinajstić information content (AvgIpc) is 2.45. The van der Waals surface area contributed by atoms with E-state index in [2.05, 4.69) is 0 Å². The van der Waals surface area contributed by atoms with E-state index in [1.165, 1.54) is 6.07 Å². The molecule has 3 N–H and O–H groups in total. The van der Waals surface area contributed by atoms with Crippen molar-refractivity contribution in [2.45, 2.75) is 57.7 Å². The van der Waals surface area contributed by atoms with Crippen LogP contribution in [0.3, 0.4) is 0 Å². The van der Waals surface area contributed by atoms with E-state index in [0.717, 1.165) is 18.9 Å². The van der Waals surface area contributed by atoms with Crippen LogP contribution in [-0.4, -0.2) is 33.5 Å². The second-order valence-electron chi connectivity index (χ2n) is 6.05. The summed E-state index contributed by atoms with van der Waals surface area (Å²) < 4.78 is 5.39. The molecule has 0 saturated carbocycles. The zero-order chi connectivity index (χ0) is 16.8. The Bertz CT molecular complexity index is 579. The van der Waals surface area contributed by atoms with Gasteiger partial charge in [0.2, 0.25) is 0 Å². The summed E-state index contributed by atoms with van der Waals surface area (Å²) in [4.78, 5) is 12.3. The van der Waals surface area contributed by atoms with Crippen molar-refractivity contribution in [3.8, 4) is 11.5 Å². The molecule has 0 aromatic heterocycles. The number of hydrogen-bond acceptors (Lipinski definition) is 5. The Morgan fingerprint density at radius 3 is 2.70 bits per heavy atom. The molecule has 2 rings (SSSR count). The quantitative estimate of drug-likeness (QED) is 0.505. The Balaban J connectivity index is 2.29. The summed E-state index contributed by atoms with van der Waals surface area (Å²) in [6, 6.07) is 2.61. The summed E-state index contributed by atoms with van der Waals surface area (Å²) in [7, 11) is 0. The number of carbonyl (C=O) groups excluding carboxylic acids is 1. The maximum atomic E-state index is 12.3. The van der Waals surface area contributed by atoms with E-state index >= 15 is 0 Å². The highest BCUT2D eigenvalue weighted by Gasteiger charge is 2.21. The highest BCUT2D eigenvalue weighted by atomic mass is 16.5. The van der Waals surface area contributed by atoms with Gasteiger partial charge in [0.05, 0.1) is 12.2 Å². The molecule has 126 valence electrons. The third kappa shape index (κ3) is 4.99. The number of carbonyl (C=O) groups is 1. The second-order valence-corrected chi connectivity index (χ2v) is 6.05. The summed E-state index contributed by atoms with van der Waals surface area (Å²) in [5.41, 5.74) is 0.630. The van der Waals surface area contributed by atoms with Crippen molar-refractivity contribution in [1.29, 1.82) is 0 Å². The summed E-state index contributed by atoms with van der Waals surface area (Å²) in [6.07, 6.45) is 7.13. The first-order valence-corrected chi connectivity index (χ1v) is 8.06. The van der Waals surface area contributed by atoms with Gasteiger partial charge in [0.1, 0.15) is 17.1 Å². The number of cyclic esters (lactones) is 1. The van der Waals surface area contributed by atoms with E-state index in [1.807, 2.05) is 12.2 Å². The van der Waals surface area contributed by atoms with Crippen LogP contribution in [0.2, 0.25) is 0 Å². The van der Waals surface area contributed by atoms with Crippen LogP contribution >= 0.6 is 0 Å². The first-order chi connectivity index (χ1) is 11.0. The molecule has 2 unspecified atom stereocenters. The standard InChI is InChI=1S/C18H24O5/c1-12-6-5-9-14(19)8-4-2-3-7-13-10-15(20)11-16(21)17(13)18(22)23-12/h2-3,10-12,14,19-21H,4-9H2,1H3. The molecule has 0 amide bonds. The molecule has 0 aliphatic carbocycles. The number of ether oxygens (including phenoxy) is 1. The lowest BCUT2D eigenvalue weighted by atomic mass is 10.0. The van der Waals surface area contributed by atoms with E-state index in [0.29, 0.717) is 31.2 Å². The molecule has 0 bridgehead atoms. The number of rotatable bonds is 0. The summed E-state index contributed by atoms with van der Waals surface area (Å²) in [6.45, 7) is 1.80. The molecule has 2 atom stereocenters. The molecule has 0 saturated heterocycles. The molecule has 0 radical (unpaired) electrons. The molecule has 1 aromatic rings. The molecule has 23 heavy (non-hydrogen) atoms. The lowest BCUT2D eigenvalue weighted by molar-refractivity contribution is 0.0307. The zero-order valence-electron chi connectivity index (χ0n) is 13.4. The van der Waals surface area contributed by atoms with E-state index in [-0.39, 0.29) is 29.3 Å². The molecule has 0 fully saturated rings. The number of esters is 1. The molecule has 0 spiro atoms. The molecule has 5 heteroatoms. The predicted octanol–water partition coefficient (Wildman–Crippen LogP) is 3.07. The Morgan fingerprint density at radius 2 is 1.91 bits per heavy atom. The number of phenolic OH excluding ortho intramolecular Hbond substituents is 2. The summed E-state index contributed by atoms with van der Waals surface area (Å²) >= 11 is 0. The number of benzene rings is 1. The molecular formula is C18H24O5. The van der Waals surface area contributed by atoms with Gasteiger partial charge in [0.15, 0.2) is 0 Å². The van der Waals surface area contributed by atoms with Crippen LogP contribution in [0, 0.1) is 0 Å². The fraction of sp³-hybridized carbons (Fsp3) is 0.500. The minimum atomic E-state index is -0.587. The maximum absolute atomic E-state index is 12.3. The van der Waals surface area contributed by atoms with Gasteiger partial charge in [-0.15, -0.1) is 0 Å². The van der Waals surface area contributed by atoms with Crippen LogP contribution in [0.25, 0.3) is 0 Å². The van der Waals surface area contributed by atoms with Gasteiger partial charge in [0.25, 0.3) is 0 Å². The minimum absolute atomic E-state index is 0.0907. The second kappa shape index (κ2) is 8.02. The highest BCUT2D eigenvalue weighted by molar-refractivity contribution is 5.94. The Hall–Kier alpha value is -2.01. The summed E-state index contributed by atoms with van der Waals surface area (Å²) in [5, 5.41) is 29.5. The molecule has 1 aliphatic rings. The minimum Gasteiger partial charge on any atom is -0.508 e. The van der Waals surface area contributed by atoms with E-state index in [9.17, 15) is 20.1 Å². The molecule has 1 aliphatic heterocycles. The number of hydrogen-bond donors (Lipinski definition) is 3. The smallest absolute Gasteiger partial charge is 0.342 e. The van der Waals surface area contributed by atoms with Crippen LogP contribution in [0.5, 0.6) is 11.5 Å². The van der Waals surface area contributed by atoms with E-state index in [1.54, 1.807) is 6.92 Å². The first kappa shape index (κ1) is 17.3. The first-order valence-electron chi connectivity index (χ1n) is 8.06. The van der Waals surface area contributed by atoms with Crippen molar-refractivity contribution >= 4 is 5.97 Å². The molecule has 1 aromatic carbocycles. The van der Waals surface area contributed by atoms with Crippen LogP contribution in [0.15, 0.2) is 24.3 Å². The van der Waals surface area contributed by atoms with Gasteiger partial charge in [0, 0.05) is 6.07 Å². The number of aliphatic hydroxyl groups is 1. The lowest BCUT2D eigenvalue weighted by Gasteiger charge is -2.17. The molecule has 5 nitrogen and oxygen atoms in total. The van der Waals surface area contributed by atoms with Crippen molar-refractivity contribution in [2.75, 3.05) is 0 Å². The number of phenols is 2. The van der Waals surface area contributed by atoms with Crippen LogP contribution < -0.4 is 0 Å². The highest BCUT2D eigenvalue weighted by Crippen LogP contribution is 2.29. The van der Waals surface area contributed by atoms with Gasteiger partial charge >= 0.3 is 5.97 Å². The van der Waals surface area contributed by atoms with Gasteiger partial charge in [-0.2, -0.15) is 0 Å². The van der Waals surface area contributed by atoms with Crippen LogP contribution in [-0.2, 0) is 11.2 Å². The topological polar surface area (TPSA) is 87.0 Å². The van der Waals surface area contributed by atoms with Crippen molar-refractivity contribution in [1.82, 2.24) is 0 Å². The Kier molecular flexibility index (Phi) is 6.04. The zero-order valence-corrected chi connectivity index (χ0v) is 13.4. The number of aromatic hydroxyl groups is 2. The molecular weight excluding hydrogens is 296 g/mol. The number of aliphatic hydroxyl groups excluding tert-OH is 1. The third-order valence-electron chi connectivity index (χ3n) is 4.02. The van der Waals surface area contributed by atoms with E-state index in [4.69, 9.17) is 4.74 Å². The molecule has 1 heterocycles. The van der Waals surface area contributed by atoms with Gasteiger partial charge in [-0.3, -0.25) is 0 Å². The van der Waals surface area contributed by atoms with Crippen LogP contribution in [0.1, 0.15) is 54.9 Å². The monoisotopic (exact) mass is 320 g/mol. The largest absolute Gasteiger partial charge is 0.508 e. The van der Waals surface area contributed by atoms with Crippen LogP contribution in [0.4, 0.5) is 0 Å². The summed E-state index contributed by atoms with van der Waals surface area (Å²) in [5.74, 6) is -0.948. The van der Waals surface area contributed by atoms with Gasteiger partial charge in [-0.05, 0) is 57.1 Å². The van der Waals surface area contributed by atoms with Crippen molar-refractivity contribution < 1.29 is 24.9 Å². The van der Waals surface area contributed by atoms with Crippen molar-refractivity contribution in [3.63, 3.8) is 0 Å². The Morgan fingerprint density at radius 1 is 1.13 bits per heavy atom. The normalized spacial score (nSPS) is 23.7. The predicted molar refractivity (Wildman–Crippen MR) is 86.6 cm³/mol. The number of allylic oxidation sites excluding steroid dienone is 2. The fourth-order valence-corrected chi connectivity index (χ4v) is 2.77. The van der Waals surface area contributed by atoms with E-state index < -0.39 is 5.97 Å². The van der Waals surface area contributed by atoms with Gasteiger partial charge < -0.3 is 20.1 Å². The van der Waals surface area contributed by atoms with Crippen molar-refractivity contribution in [3.05, 3.63) is 35.4 Å². The fourth-order valence-electron chi connectivity index (χ4n) is 2.77. The lowest BCUT2D eigenvalue weighted by Crippen LogP contribution is -2.17. The van der Waals surface area contributed by atoms with Gasteiger partial charge in [-0.1, -0.05) is 12.2 Å². The van der Waals surface area contributed by atoms with Crippen molar-refractivity contribution in [2.24, 2.45) is 0 Å².